The first-order valence-electron chi connectivity index (χ1n) is 7.65. The Balaban J connectivity index is 2.53. The molecule has 0 aromatic heterocycles. The second-order valence-electron chi connectivity index (χ2n) is 4.41. The van der Waals surface area contributed by atoms with Gasteiger partial charge in [-0.2, -0.15) is 0 Å². The molecule has 2 aromatic rings. The monoisotopic (exact) mass is 327 g/mol. The van der Waals surface area contributed by atoms with Gasteiger partial charge in [-0.1, -0.05) is 66.9 Å². The molecule has 4 heteroatoms. The molecule has 2 aromatic carbocycles. The fraction of sp³-hybridized carbons (Fsp3) is 0.105. The van der Waals surface area contributed by atoms with E-state index in [0.717, 1.165) is 4.90 Å². The summed E-state index contributed by atoms with van der Waals surface area (Å²) in [5.41, 5.74) is 0.678. The highest BCUT2D eigenvalue weighted by molar-refractivity contribution is 8.04. The normalized spacial score (nSPS) is 12.0. The van der Waals surface area contributed by atoms with Gasteiger partial charge >= 0.3 is 5.97 Å². The van der Waals surface area contributed by atoms with Gasteiger partial charge in [0.2, 0.25) is 0 Å². The maximum absolute atomic E-state index is 12.5. The van der Waals surface area contributed by atoms with E-state index in [9.17, 15) is 4.79 Å². The van der Waals surface area contributed by atoms with Gasteiger partial charge in [-0.3, -0.25) is 0 Å². The summed E-state index contributed by atoms with van der Waals surface area (Å²) in [5.74, 6) is -0.227. The lowest BCUT2D eigenvalue weighted by Gasteiger charge is -2.13. The fourth-order valence-corrected chi connectivity index (χ4v) is 2.81. The second-order valence-corrected chi connectivity index (χ2v) is 5.49. The van der Waals surface area contributed by atoms with Crippen molar-refractivity contribution in [1.82, 2.24) is 0 Å². The summed E-state index contributed by atoms with van der Waals surface area (Å²) < 4.78 is 18.2. The minimum Gasteiger partial charge on any atom is -0.464 e. The zero-order valence-corrected chi connectivity index (χ0v) is 13.6. The molecule has 0 heterocycles. The van der Waals surface area contributed by atoms with Crippen molar-refractivity contribution in [3.63, 3.8) is 0 Å². The molecule has 118 valence electrons. The Kier molecular flexibility index (Phi) is 5.94. The van der Waals surface area contributed by atoms with Gasteiger partial charge in [0.05, 0.1) is 12.8 Å². The minimum atomic E-state index is -0.494. The Morgan fingerprint density at radius 2 is 1.78 bits per heavy atom. The number of thioether (sulfide) groups is 1. The highest BCUT2D eigenvalue weighted by atomic mass is 32.2. The molecule has 0 aliphatic carbocycles. The summed E-state index contributed by atoms with van der Waals surface area (Å²) >= 11 is 1.24. The predicted molar refractivity (Wildman–Crippen MR) is 93.6 cm³/mol. The van der Waals surface area contributed by atoms with Crippen molar-refractivity contribution in [2.24, 2.45) is 0 Å². The van der Waals surface area contributed by atoms with Gasteiger partial charge < -0.3 is 9.47 Å². The first-order chi connectivity index (χ1) is 11.6. The third-order valence-electron chi connectivity index (χ3n) is 2.84. The van der Waals surface area contributed by atoms with E-state index in [1.165, 1.54) is 11.8 Å². The van der Waals surface area contributed by atoms with Crippen LogP contribution < -0.4 is 0 Å². The van der Waals surface area contributed by atoms with Crippen LogP contribution in [0.15, 0.2) is 83.3 Å². The molecule has 3 nitrogen and oxygen atoms in total. The topological polar surface area (TPSA) is 35.5 Å². The molecule has 0 aliphatic heterocycles. The maximum Gasteiger partial charge on any atom is 0.348 e. The van der Waals surface area contributed by atoms with E-state index in [-0.39, 0.29) is 23.5 Å². The van der Waals surface area contributed by atoms with Crippen LogP contribution in [0.5, 0.6) is 0 Å². The average molecular weight is 327 g/mol. The minimum absolute atomic E-state index is 0.246. The molecule has 23 heavy (non-hydrogen) atoms. The number of carbonyl (C=O) groups is 1. The number of esters is 1. The van der Waals surface area contributed by atoms with Crippen LogP contribution in [-0.2, 0) is 14.3 Å². The van der Waals surface area contributed by atoms with E-state index >= 15 is 0 Å². The molecule has 0 fully saturated rings. The molecular formula is C19H18O3S. The van der Waals surface area contributed by atoms with Gasteiger partial charge in [-0.15, -0.1) is 0 Å². The number of rotatable bonds is 7. The number of benzene rings is 2. The van der Waals surface area contributed by atoms with Crippen LogP contribution in [0.3, 0.4) is 0 Å². The third kappa shape index (κ3) is 4.76. The zero-order chi connectivity index (χ0) is 17.4. The SMILES string of the molecule is [2H]C(=C)O/C(=C(\Sc1ccccc1)C(=O)OCC)c1ccccc1. The van der Waals surface area contributed by atoms with E-state index in [0.29, 0.717) is 5.56 Å². The van der Waals surface area contributed by atoms with Crippen LogP contribution in [0.2, 0.25) is 0 Å². The Bertz CT molecular complexity index is 727. The van der Waals surface area contributed by atoms with Gasteiger partial charge in [0, 0.05) is 10.5 Å². The van der Waals surface area contributed by atoms with Crippen molar-refractivity contribution in [1.29, 1.82) is 0 Å². The van der Waals surface area contributed by atoms with Gasteiger partial charge in [-0.05, 0) is 19.1 Å². The maximum atomic E-state index is 12.5. The molecule has 0 saturated carbocycles. The summed E-state index contributed by atoms with van der Waals surface area (Å²) in [6, 6.07) is 18.6. The average Bonchev–Trinajstić information content (AvgIpc) is 2.59. The first kappa shape index (κ1) is 15.4. The summed E-state index contributed by atoms with van der Waals surface area (Å²) in [6.45, 7) is 5.46. The Hall–Kier alpha value is -2.46. The fourth-order valence-electron chi connectivity index (χ4n) is 1.88. The zero-order valence-electron chi connectivity index (χ0n) is 13.8. The van der Waals surface area contributed by atoms with Crippen molar-refractivity contribution in [2.75, 3.05) is 6.61 Å². The molecule has 0 unspecified atom stereocenters. The van der Waals surface area contributed by atoms with Crippen LogP contribution in [0.25, 0.3) is 5.76 Å². The van der Waals surface area contributed by atoms with Gasteiger partial charge in [0.15, 0.2) is 5.76 Å². The molecule has 0 radical (unpaired) electrons. The van der Waals surface area contributed by atoms with Crippen molar-refractivity contribution < 1.29 is 15.6 Å². The van der Waals surface area contributed by atoms with E-state index in [4.69, 9.17) is 10.8 Å². The molecule has 2 rings (SSSR count). The van der Waals surface area contributed by atoms with Crippen LogP contribution >= 0.6 is 11.8 Å². The Morgan fingerprint density at radius 1 is 1.17 bits per heavy atom. The smallest absolute Gasteiger partial charge is 0.348 e. The largest absolute Gasteiger partial charge is 0.464 e. The third-order valence-corrected chi connectivity index (χ3v) is 3.90. The summed E-state index contributed by atoms with van der Waals surface area (Å²) in [7, 11) is 0. The summed E-state index contributed by atoms with van der Waals surface area (Å²) in [4.78, 5) is 13.6. The number of ether oxygens (including phenoxy) is 2. The van der Waals surface area contributed by atoms with E-state index in [1.54, 1.807) is 6.92 Å². The first-order valence-corrected chi connectivity index (χ1v) is 7.96. The molecule has 0 saturated heterocycles. The van der Waals surface area contributed by atoms with Crippen LogP contribution in [-0.4, -0.2) is 12.6 Å². The van der Waals surface area contributed by atoms with Crippen molar-refractivity contribution in [3.05, 3.63) is 83.9 Å². The Labute approximate surface area is 142 Å². The lowest BCUT2D eigenvalue weighted by Crippen LogP contribution is -2.08. The van der Waals surface area contributed by atoms with E-state index in [2.05, 4.69) is 6.58 Å². The number of carbonyl (C=O) groups excluding carboxylic acids is 1. The molecule has 0 N–H and O–H groups in total. The molecule has 0 aliphatic rings. The molecule has 0 spiro atoms. The molecule has 0 amide bonds. The lowest BCUT2D eigenvalue weighted by atomic mass is 10.2. The van der Waals surface area contributed by atoms with Crippen molar-refractivity contribution in [2.45, 2.75) is 11.8 Å². The van der Waals surface area contributed by atoms with E-state index in [1.807, 2.05) is 60.7 Å². The van der Waals surface area contributed by atoms with Gasteiger partial charge in [0.25, 0.3) is 0 Å². The molecule has 0 atom stereocenters. The number of hydrogen-bond acceptors (Lipinski definition) is 4. The van der Waals surface area contributed by atoms with Gasteiger partial charge in [0.1, 0.15) is 6.28 Å². The van der Waals surface area contributed by atoms with E-state index < -0.39 is 5.97 Å². The van der Waals surface area contributed by atoms with Crippen molar-refractivity contribution >= 4 is 23.5 Å². The summed E-state index contributed by atoms with van der Waals surface area (Å²) in [5, 5.41) is 0. The number of hydrogen-bond donors (Lipinski definition) is 0. The molecule has 0 bridgehead atoms. The van der Waals surface area contributed by atoms with Gasteiger partial charge in [-0.25, -0.2) is 4.79 Å². The quantitative estimate of drug-likeness (QED) is 0.314. The molecular weight excluding hydrogens is 308 g/mol. The van der Waals surface area contributed by atoms with Crippen molar-refractivity contribution in [3.8, 4) is 0 Å². The highest BCUT2D eigenvalue weighted by Gasteiger charge is 2.21. The highest BCUT2D eigenvalue weighted by Crippen LogP contribution is 2.34. The van der Waals surface area contributed by atoms with Crippen LogP contribution in [0.4, 0.5) is 0 Å². The second kappa shape index (κ2) is 8.86. The lowest BCUT2D eigenvalue weighted by molar-refractivity contribution is -0.137. The predicted octanol–water partition coefficient (Wildman–Crippen LogP) is 4.87. The summed E-state index contributed by atoms with van der Waals surface area (Å²) in [6.07, 6.45) is -0.246. The Morgan fingerprint density at radius 3 is 2.35 bits per heavy atom. The van der Waals surface area contributed by atoms with Crippen LogP contribution in [0, 0.1) is 0 Å². The standard InChI is InChI=1S/C19H18O3S/c1-3-21-17(15-11-7-5-8-12-15)18(19(20)22-4-2)23-16-13-9-6-10-14-16/h3,5-14H,1,4H2,2H3/b18-17-/i3D. The van der Waals surface area contributed by atoms with Crippen LogP contribution in [0.1, 0.15) is 13.9 Å².